The van der Waals surface area contributed by atoms with Crippen LogP contribution in [-0.4, -0.2) is 60.6 Å². The number of aromatic amines is 1. The Labute approximate surface area is 198 Å². The zero-order valence-electron chi connectivity index (χ0n) is 18.7. The van der Waals surface area contributed by atoms with E-state index < -0.39 is 17.7 Å². The highest BCUT2D eigenvalue weighted by atomic mass is 19.4. The van der Waals surface area contributed by atoms with E-state index >= 15 is 0 Å². The molecule has 1 aromatic carbocycles. The molecule has 4 rings (SSSR count). The number of benzene rings is 1. The number of alkyl halides is 3. The molecule has 1 aliphatic heterocycles. The number of aliphatic hydroxyl groups excluding tert-OH is 1. The fourth-order valence-corrected chi connectivity index (χ4v) is 3.61. The SMILES string of the molecule is COc1ccc(-c2[nH]c(C(=O)NC3(CO)CCOCC3)[n+]3ccccc23)cc1.O=C([O-])C(F)(F)F. The number of pyridine rings is 1. The van der Waals surface area contributed by atoms with Crippen molar-refractivity contribution < 1.29 is 46.8 Å². The number of aliphatic carboxylic acids is 1. The lowest BCUT2D eigenvalue weighted by molar-refractivity contribution is -0.514. The summed E-state index contributed by atoms with van der Waals surface area (Å²) in [5.41, 5.74) is 2.04. The van der Waals surface area contributed by atoms with E-state index in [2.05, 4.69) is 10.3 Å². The van der Waals surface area contributed by atoms with E-state index in [0.29, 0.717) is 31.9 Å². The van der Waals surface area contributed by atoms with Crippen molar-refractivity contribution in [3.63, 3.8) is 0 Å². The number of rotatable bonds is 5. The molecule has 3 N–H and O–H groups in total. The standard InChI is InChI=1S/C21H23N3O4.C2HF3O2/c1-27-16-7-5-15(6-8-16)18-17-4-2-3-11-24(17)19(22-18)20(26)23-21(14-25)9-12-28-13-10-21;3-2(4,5)1(6)7/h2-8,11,25H,9-10,12-14H2,1H3,(H,23,26);(H,6,7). The smallest absolute Gasteiger partial charge is 0.430 e. The predicted molar refractivity (Wildman–Crippen MR) is 114 cm³/mol. The maximum absolute atomic E-state index is 13.1. The predicted octanol–water partition coefficient (Wildman–Crippen LogP) is 0.999. The third kappa shape index (κ3) is 6.08. The van der Waals surface area contributed by atoms with Crippen LogP contribution in [0.2, 0.25) is 0 Å². The van der Waals surface area contributed by atoms with Gasteiger partial charge < -0.3 is 29.8 Å². The van der Waals surface area contributed by atoms with Gasteiger partial charge in [0, 0.05) is 18.8 Å². The molecular weight excluding hydrogens is 471 g/mol. The number of nitrogens with one attached hydrogen (secondary N) is 2. The monoisotopic (exact) mass is 495 g/mol. The highest BCUT2D eigenvalue weighted by molar-refractivity contribution is 5.92. The van der Waals surface area contributed by atoms with Crippen LogP contribution in [0.3, 0.4) is 0 Å². The lowest BCUT2D eigenvalue weighted by Crippen LogP contribution is -2.55. The summed E-state index contributed by atoms with van der Waals surface area (Å²) in [5, 5.41) is 21.7. The molecule has 3 aromatic rings. The summed E-state index contributed by atoms with van der Waals surface area (Å²) in [6.45, 7) is 0.934. The summed E-state index contributed by atoms with van der Waals surface area (Å²) in [5.74, 6) is -2.07. The van der Waals surface area contributed by atoms with E-state index in [0.717, 1.165) is 22.5 Å². The molecule has 0 spiro atoms. The number of carbonyl (C=O) groups is 2. The second kappa shape index (κ2) is 10.7. The minimum atomic E-state index is -5.19. The number of fused-ring (bicyclic) bond motifs is 1. The van der Waals surface area contributed by atoms with E-state index in [1.165, 1.54) is 0 Å². The topological polar surface area (TPSA) is 128 Å². The number of carboxylic acid groups (broad SMARTS) is 1. The molecule has 0 radical (unpaired) electrons. The van der Waals surface area contributed by atoms with Crippen LogP contribution >= 0.6 is 0 Å². The average Bonchev–Trinajstić information content (AvgIpc) is 3.24. The first kappa shape index (κ1) is 26.0. The molecule has 2 aromatic heterocycles. The van der Waals surface area contributed by atoms with Crippen LogP contribution < -0.4 is 19.6 Å². The first-order valence-electron chi connectivity index (χ1n) is 10.6. The lowest BCUT2D eigenvalue weighted by atomic mass is 9.91. The number of ether oxygens (including phenoxy) is 2. The zero-order chi connectivity index (χ0) is 25.6. The molecule has 12 heteroatoms. The number of hydrogen-bond donors (Lipinski definition) is 3. The van der Waals surface area contributed by atoms with Gasteiger partial charge in [-0.3, -0.25) is 4.79 Å². The summed E-state index contributed by atoms with van der Waals surface area (Å²) in [7, 11) is 1.63. The molecule has 0 unspecified atom stereocenters. The maximum atomic E-state index is 13.1. The molecule has 188 valence electrons. The van der Waals surface area contributed by atoms with E-state index in [4.69, 9.17) is 19.4 Å². The number of carbonyl (C=O) groups excluding carboxylic acids is 2. The first-order chi connectivity index (χ1) is 16.6. The van der Waals surface area contributed by atoms with Gasteiger partial charge in [-0.15, -0.1) is 0 Å². The Bertz CT molecular complexity index is 1170. The Balaban J connectivity index is 0.000000429. The van der Waals surface area contributed by atoms with Gasteiger partial charge in [-0.2, -0.15) is 17.6 Å². The Morgan fingerprint density at radius 3 is 2.37 bits per heavy atom. The molecular formula is C23H24F3N3O6. The second-order valence-electron chi connectivity index (χ2n) is 7.82. The van der Waals surface area contributed by atoms with Gasteiger partial charge in [-0.25, -0.2) is 4.98 Å². The highest BCUT2D eigenvalue weighted by Gasteiger charge is 2.37. The van der Waals surface area contributed by atoms with Gasteiger partial charge in [0.05, 0.1) is 25.5 Å². The van der Waals surface area contributed by atoms with E-state index in [1.54, 1.807) is 7.11 Å². The van der Waals surface area contributed by atoms with Crippen LogP contribution in [0.1, 0.15) is 23.5 Å². The van der Waals surface area contributed by atoms with Crippen LogP contribution in [0, 0.1) is 0 Å². The van der Waals surface area contributed by atoms with E-state index in [9.17, 15) is 23.1 Å². The quantitative estimate of drug-likeness (QED) is 0.453. The third-order valence-corrected chi connectivity index (χ3v) is 5.56. The zero-order valence-corrected chi connectivity index (χ0v) is 18.7. The molecule has 0 aliphatic carbocycles. The van der Waals surface area contributed by atoms with Crippen LogP contribution in [0.25, 0.3) is 16.8 Å². The molecule has 0 saturated carbocycles. The largest absolute Gasteiger partial charge is 0.542 e. The van der Waals surface area contributed by atoms with Crippen LogP contribution in [0.5, 0.6) is 5.75 Å². The average molecular weight is 495 g/mol. The van der Waals surface area contributed by atoms with Gasteiger partial charge in [0.2, 0.25) is 0 Å². The minimum Gasteiger partial charge on any atom is -0.542 e. The fourth-order valence-electron chi connectivity index (χ4n) is 3.61. The molecule has 35 heavy (non-hydrogen) atoms. The van der Waals surface area contributed by atoms with Gasteiger partial charge in [-0.05, 0) is 49.2 Å². The van der Waals surface area contributed by atoms with Crippen LogP contribution in [0.4, 0.5) is 13.2 Å². The van der Waals surface area contributed by atoms with Gasteiger partial charge >= 0.3 is 17.9 Å². The number of nitrogens with zero attached hydrogens (tertiary/aromatic N) is 1. The Kier molecular flexibility index (Phi) is 7.97. The Hall–Kier alpha value is -3.64. The highest BCUT2D eigenvalue weighted by Crippen LogP contribution is 2.25. The van der Waals surface area contributed by atoms with Crippen molar-refractivity contribution in [3.05, 3.63) is 54.5 Å². The second-order valence-corrected chi connectivity index (χ2v) is 7.82. The molecule has 3 heterocycles. The number of hydrogen-bond acceptors (Lipinski definition) is 6. The lowest BCUT2D eigenvalue weighted by Gasteiger charge is -2.35. The number of amides is 1. The van der Waals surface area contributed by atoms with Gasteiger partial charge in [0.15, 0.2) is 11.2 Å². The van der Waals surface area contributed by atoms with Crippen molar-refractivity contribution >= 4 is 17.4 Å². The summed E-state index contributed by atoms with van der Waals surface area (Å²) in [6, 6.07) is 13.5. The molecule has 9 nitrogen and oxygen atoms in total. The van der Waals surface area contributed by atoms with Crippen molar-refractivity contribution in [3.8, 4) is 17.0 Å². The van der Waals surface area contributed by atoms with Crippen LogP contribution in [0.15, 0.2) is 48.7 Å². The molecule has 0 atom stereocenters. The maximum Gasteiger partial charge on any atom is 0.430 e. The normalized spacial score (nSPS) is 15.1. The number of H-pyrrole nitrogens is 1. The summed E-state index contributed by atoms with van der Waals surface area (Å²) in [4.78, 5) is 25.2. The molecule has 0 bridgehead atoms. The van der Waals surface area contributed by atoms with Gasteiger partial charge in [0.25, 0.3) is 0 Å². The Morgan fingerprint density at radius 2 is 1.83 bits per heavy atom. The number of methoxy groups -OCH3 is 1. The molecule has 1 aliphatic rings. The molecule has 1 saturated heterocycles. The van der Waals surface area contributed by atoms with Crippen LogP contribution in [-0.2, 0) is 9.53 Å². The number of halogens is 3. The first-order valence-corrected chi connectivity index (χ1v) is 10.6. The van der Waals surface area contributed by atoms with Crippen molar-refractivity contribution in [2.45, 2.75) is 24.6 Å². The summed E-state index contributed by atoms with van der Waals surface area (Å²) in [6.07, 6.45) is -2.17. The Morgan fingerprint density at radius 1 is 1.20 bits per heavy atom. The van der Waals surface area contributed by atoms with E-state index in [-0.39, 0.29) is 12.5 Å². The summed E-state index contributed by atoms with van der Waals surface area (Å²) < 4.78 is 44.0. The molecule has 1 amide bonds. The number of imidazole rings is 1. The van der Waals surface area contributed by atoms with Gasteiger partial charge in [0.1, 0.15) is 11.7 Å². The fraction of sp³-hybridized carbons (Fsp3) is 0.348. The van der Waals surface area contributed by atoms with Crippen molar-refractivity contribution in [2.24, 2.45) is 0 Å². The minimum absolute atomic E-state index is 0.114. The molecule has 1 fully saturated rings. The van der Waals surface area contributed by atoms with Crippen molar-refractivity contribution in [1.82, 2.24) is 10.3 Å². The van der Waals surface area contributed by atoms with Crippen molar-refractivity contribution in [1.29, 1.82) is 0 Å². The third-order valence-electron chi connectivity index (χ3n) is 5.56. The van der Waals surface area contributed by atoms with Crippen molar-refractivity contribution in [2.75, 3.05) is 26.9 Å². The van der Waals surface area contributed by atoms with E-state index in [1.807, 2.05) is 53.1 Å². The number of aromatic nitrogens is 2. The van der Waals surface area contributed by atoms with Gasteiger partial charge in [-0.1, -0.05) is 6.07 Å². The summed E-state index contributed by atoms with van der Waals surface area (Å²) >= 11 is 0. The number of aliphatic hydroxyl groups is 1. The number of carboxylic acids is 1.